The van der Waals surface area contributed by atoms with Crippen LogP contribution in [0.4, 0.5) is 0 Å². The number of nitrogens with zero attached hydrogens (tertiary/aromatic N) is 2. The molecule has 0 aliphatic rings. The summed E-state index contributed by atoms with van der Waals surface area (Å²) in [4.78, 5) is 15.9. The SMILES string of the molecule is CCC=[C-]CCCC.CCCC(=O)[N-]C(CC(O)c1nc(C)cs1)C(C)C.[U+2]. The smallest absolute Gasteiger partial charge is 0.650 e. The third-order valence-electron chi connectivity index (χ3n) is 3.95. The molecule has 0 aliphatic heterocycles. The van der Waals surface area contributed by atoms with Crippen molar-refractivity contribution in [2.45, 2.75) is 98.6 Å². The van der Waals surface area contributed by atoms with Crippen molar-refractivity contribution in [2.24, 2.45) is 5.92 Å². The molecule has 0 spiro atoms. The molecule has 1 heterocycles. The van der Waals surface area contributed by atoms with Crippen LogP contribution in [0.25, 0.3) is 5.32 Å². The number of aryl methyl sites for hydroxylation is 1. The molecule has 1 aromatic rings. The number of aliphatic hydroxyl groups excluding tert-OH is 1. The molecule has 158 valence electrons. The Labute approximate surface area is 200 Å². The van der Waals surface area contributed by atoms with Crippen molar-refractivity contribution in [3.63, 3.8) is 0 Å². The van der Waals surface area contributed by atoms with Gasteiger partial charge < -0.3 is 21.3 Å². The van der Waals surface area contributed by atoms with E-state index in [2.05, 4.69) is 36.3 Å². The Morgan fingerprint density at radius 1 is 1.32 bits per heavy atom. The Hall–Kier alpha value is -0.148. The van der Waals surface area contributed by atoms with Crippen molar-refractivity contribution in [3.05, 3.63) is 33.6 Å². The number of hydrogen-bond donors (Lipinski definition) is 1. The van der Waals surface area contributed by atoms with Gasteiger partial charge in [0, 0.05) is 11.1 Å². The molecule has 2 unspecified atom stereocenters. The monoisotopic (exact) mass is 632 g/mol. The molecule has 0 aromatic carbocycles. The van der Waals surface area contributed by atoms with Gasteiger partial charge in [-0.2, -0.15) is 6.42 Å². The average Bonchev–Trinajstić information content (AvgIpc) is 3.05. The van der Waals surface area contributed by atoms with Gasteiger partial charge >= 0.3 is 31.1 Å². The first-order valence-corrected chi connectivity index (χ1v) is 11.1. The van der Waals surface area contributed by atoms with E-state index in [-0.39, 0.29) is 49.0 Å². The zero-order valence-electron chi connectivity index (χ0n) is 18.5. The van der Waals surface area contributed by atoms with Crippen molar-refractivity contribution < 1.29 is 41.0 Å². The van der Waals surface area contributed by atoms with Crippen LogP contribution in [0.3, 0.4) is 0 Å². The number of unbranched alkanes of at least 4 members (excludes halogenated alkanes) is 2. The third-order valence-corrected chi connectivity index (χ3v) is 5.02. The van der Waals surface area contributed by atoms with E-state index in [4.69, 9.17) is 0 Å². The van der Waals surface area contributed by atoms with E-state index in [1.807, 2.05) is 33.1 Å². The maximum absolute atomic E-state index is 11.6. The van der Waals surface area contributed by atoms with Crippen molar-refractivity contribution in [1.29, 1.82) is 0 Å². The second kappa shape index (κ2) is 18.9. The summed E-state index contributed by atoms with van der Waals surface area (Å²) in [5, 5.41) is 17.0. The summed E-state index contributed by atoms with van der Waals surface area (Å²) in [7, 11) is 0. The fraction of sp³-hybridized carbons (Fsp3) is 0.727. The van der Waals surface area contributed by atoms with Gasteiger partial charge in [0.15, 0.2) is 0 Å². The minimum Gasteiger partial charge on any atom is -0.650 e. The molecule has 1 amide bonds. The molecule has 28 heavy (non-hydrogen) atoms. The molecule has 1 N–H and O–H groups in total. The average molecular weight is 633 g/mol. The predicted octanol–water partition coefficient (Wildman–Crippen LogP) is 6.55. The first kappa shape index (κ1) is 30.0. The van der Waals surface area contributed by atoms with Gasteiger partial charge in [-0.1, -0.05) is 66.2 Å². The number of thiazole rings is 1. The molecule has 0 saturated carbocycles. The molecule has 6 heteroatoms. The number of carbonyl (C=O) groups is 1. The molecular formula is C22H38N2O2SU. The van der Waals surface area contributed by atoms with Crippen LogP contribution in [0, 0.1) is 50.0 Å². The number of rotatable bonds is 11. The number of amides is 1. The van der Waals surface area contributed by atoms with E-state index in [0.29, 0.717) is 17.8 Å². The summed E-state index contributed by atoms with van der Waals surface area (Å²) >= 11 is 1.45. The van der Waals surface area contributed by atoms with E-state index < -0.39 is 6.10 Å². The van der Waals surface area contributed by atoms with Gasteiger partial charge in [0.2, 0.25) is 0 Å². The molecule has 2 atom stereocenters. The van der Waals surface area contributed by atoms with E-state index in [9.17, 15) is 9.90 Å². The van der Waals surface area contributed by atoms with Crippen molar-refractivity contribution in [2.75, 3.05) is 0 Å². The summed E-state index contributed by atoms with van der Waals surface area (Å²) in [5.74, 6) is 0.167. The fourth-order valence-corrected chi connectivity index (χ4v) is 3.11. The molecule has 0 fully saturated rings. The van der Waals surface area contributed by atoms with Gasteiger partial charge in [0.05, 0.1) is 5.91 Å². The normalized spacial score (nSPS) is 12.9. The third kappa shape index (κ3) is 14.8. The van der Waals surface area contributed by atoms with Crippen LogP contribution in [0.1, 0.15) is 96.4 Å². The second-order valence-electron chi connectivity index (χ2n) is 7.08. The summed E-state index contributed by atoms with van der Waals surface area (Å²) in [6.45, 7) is 12.2. The minimum absolute atomic E-state index is 0. The van der Waals surface area contributed by atoms with E-state index >= 15 is 0 Å². The summed E-state index contributed by atoms with van der Waals surface area (Å²) in [6, 6.07) is -0.141. The van der Waals surface area contributed by atoms with E-state index in [0.717, 1.165) is 25.0 Å². The van der Waals surface area contributed by atoms with Crippen LogP contribution in [-0.4, -0.2) is 22.0 Å². The van der Waals surface area contributed by atoms with Crippen molar-refractivity contribution >= 4 is 17.2 Å². The molecule has 0 bridgehead atoms. The Morgan fingerprint density at radius 2 is 2.00 bits per heavy atom. The van der Waals surface area contributed by atoms with Gasteiger partial charge in [-0.3, -0.25) is 6.08 Å². The summed E-state index contributed by atoms with van der Waals surface area (Å²) in [5.41, 5.74) is 0.916. The number of hydrogen-bond acceptors (Lipinski definition) is 4. The van der Waals surface area contributed by atoms with Crippen molar-refractivity contribution in [3.8, 4) is 0 Å². The molecule has 0 saturated heterocycles. The van der Waals surface area contributed by atoms with Crippen LogP contribution in [0.15, 0.2) is 11.5 Å². The fourth-order valence-electron chi connectivity index (χ4n) is 2.32. The van der Waals surface area contributed by atoms with Gasteiger partial charge in [-0.15, -0.1) is 17.4 Å². The largest absolute Gasteiger partial charge is 2.00 e. The number of aliphatic hydroxyl groups is 1. The Kier molecular flexibility index (Phi) is 20.2. The number of allylic oxidation sites excluding steroid dienone is 2. The van der Waals surface area contributed by atoms with Gasteiger partial charge in [0.25, 0.3) is 0 Å². The summed E-state index contributed by atoms with van der Waals surface area (Å²) < 4.78 is 0. The van der Waals surface area contributed by atoms with E-state index in [1.165, 1.54) is 24.2 Å². The first-order valence-electron chi connectivity index (χ1n) is 10.2. The standard InChI is InChI=1S/C14H24N2O2S.C8H15.U/c1-5-6-13(18)16-11(9(2)3)7-12(17)14-15-10(4)8-19-14;1-3-5-7-8-6-4-2;/h8-9,11-12,17H,5-7H2,1-4H3,(H,16,18);5H,3-4,6,8H2,1-2H3;/q;-1;+2/p-1. The Balaban J connectivity index is 0. The van der Waals surface area contributed by atoms with Gasteiger partial charge in [-0.05, 0) is 19.8 Å². The first-order chi connectivity index (χ1) is 12.8. The second-order valence-corrected chi connectivity index (χ2v) is 7.97. The zero-order chi connectivity index (χ0) is 20.7. The molecular weight excluding hydrogens is 594 g/mol. The number of aromatic nitrogens is 1. The van der Waals surface area contributed by atoms with Crippen LogP contribution in [0.2, 0.25) is 0 Å². The molecule has 0 radical (unpaired) electrons. The van der Waals surface area contributed by atoms with E-state index in [1.54, 1.807) is 0 Å². The van der Waals surface area contributed by atoms with Crippen LogP contribution < -0.4 is 0 Å². The van der Waals surface area contributed by atoms with Crippen LogP contribution >= 0.6 is 11.3 Å². The topological polar surface area (TPSA) is 64.3 Å². The molecule has 4 nitrogen and oxygen atoms in total. The maximum Gasteiger partial charge on any atom is 2.00 e. The predicted molar refractivity (Wildman–Crippen MR) is 116 cm³/mol. The van der Waals surface area contributed by atoms with Crippen LogP contribution in [-0.2, 0) is 4.79 Å². The molecule has 0 aliphatic carbocycles. The Morgan fingerprint density at radius 3 is 2.46 bits per heavy atom. The Bertz CT molecular complexity index is 532. The maximum atomic E-state index is 11.6. The van der Waals surface area contributed by atoms with Crippen molar-refractivity contribution in [1.82, 2.24) is 4.98 Å². The zero-order valence-corrected chi connectivity index (χ0v) is 23.5. The molecule has 1 aromatic heterocycles. The summed E-state index contributed by atoms with van der Waals surface area (Å²) in [6.07, 6.45) is 11.3. The molecule has 1 rings (SSSR count). The van der Waals surface area contributed by atoms with Gasteiger partial charge in [-0.25, -0.2) is 4.98 Å². The number of carbonyl (C=O) groups excluding carboxylic acids is 1. The minimum atomic E-state index is -0.635. The van der Waals surface area contributed by atoms with Gasteiger partial charge in [0.1, 0.15) is 11.1 Å². The van der Waals surface area contributed by atoms with Crippen LogP contribution in [0.5, 0.6) is 0 Å². The quantitative estimate of drug-likeness (QED) is 0.223.